The summed E-state index contributed by atoms with van der Waals surface area (Å²) in [5.41, 5.74) is 0.614. The van der Waals surface area contributed by atoms with Crippen LogP contribution in [0.3, 0.4) is 0 Å². The van der Waals surface area contributed by atoms with Crippen molar-refractivity contribution < 1.29 is 22.3 Å². The number of para-hydroxylation sites is 1. The number of carbonyl (C=O) groups excluding carboxylic acids is 1. The topological polar surface area (TPSA) is 83.1 Å². The predicted octanol–water partition coefficient (Wildman–Crippen LogP) is 4.76. The normalized spacial score (nSPS) is 19.4. The molecule has 5 rings (SSSR count). The number of sulfonamides is 1. The van der Waals surface area contributed by atoms with Crippen molar-refractivity contribution in [1.82, 2.24) is 14.2 Å². The number of piperidine rings is 1. The molecule has 3 aromatic rings. The number of rotatable bonds is 9. The van der Waals surface area contributed by atoms with E-state index < -0.39 is 15.8 Å². The molecule has 8 nitrogen and oxygen atoms in total. The van der Waals surface area contributed by atoms with E-state index >= 15 is 0 Å². The van der Waals surface area contributed by atoms with Crippen LogP contribution in [0.5, 0.6) is 0 Å². The maximum Gasteiger partial charge on any atom is 0.260 e. The van der Waals surface area contributed by atoms with Crippen LogP contribution in [0.1, 0.15) is 49.4 Å². The van der Waals surface area contributed by atoms with Gasteiger partial charge in [0, 0.05) is 44.3 Å². The summed E-state index contributed by atoms with van der Waals surface area (Å²) in [5, 5.41) is 0.429. The van der Waals surface area contributed by atoms with Crippen molar-refractivity contribution in [3.63, 3.8) is 0 Å². The molecule has 0 saturated carbocycles. The zero-order valence-corrected chi connectivity index (χ0v) is 23.9. The predicted molar refractivity (Wildman–Crippen MR) is 151 cm³/mol. The molecule has 2 aromatic carbocycles. The van der Waals surface area contributed by atoms with Gasteiger partial charge in [-0.2, -0.15) is 4.31 Å². The number of amides is 1. The van der Waals surface area contributed by atoms with E-state index in [2.05, 4.69) is 9.88 Å². The highest BCUT2D eigenvalue weighted by molar-refractivity contribution is 7.89. The number of benzene rings is 2. The number of anilines is 1. The van der Waals surface area contributed by atoms with Gasteiger partial charge in [-0.25, -0.2) is 17.8 Å². The summed E-state index contributed by atoms with van der Waals surface area (Å²) >= 11 is 1.28. The van der Waals surface area contributed by atoms with E-state index in [1.807, 2.05) is 6.92 Å². The van der Waals surface area contributed by atoms with Gasteiger partial charge >= 0.3 is 0 Å². The Morgan fingerprint density at radius 3 is 2.62 bits per heavy atom. The zero-order chi connectivity index (χ0) is 27.4. The SMILES string of the molecule is CCC1CCCCN1S(=O)(=O)c1ccc(C(=O)N(CCCN2CCOCC2)c2nc3c(F)cccc3s2)cc1. The van der Waals surface area contributed by atoms with Crippen molar-refractivity contribution in [3.05, 3.63) is 53.8 Å². The van der Waals surface area contributed by atoms with Crippen LogP contribution in [0.25, 0.3) is 10.2 Å². The zero-order valence-electron chi connectivity index (χ0n) is 22.2. The minimum absolute atomic E-state index is 0.00597. The van der Waals surface area contributed by atoms with Crippen LogP contribution in [0.15, 0.2) is 47.4 Å². The van der Waals surface area contributed by atoms with Crippen LogP contribution in [0.4, 0.5) is 9.52 Å². The molecular formula is C28H35FN4O4S2. The Hall–Kier alpha value is -2.44. The van der Waals surface area contributed by atoms with Crippen LogP contribution >= 0.6 is 11.3 Å². The lowest BCUT2D eigenvalue weighted by Crippen LogP contribution is -2.43. The number of hydrogen-bond acceptors (Lipinski definition) is 7. The summed E-state index contributed by atoms with van der Waals surface area (Å²) in [7, 11) is -3.65. The minimum Gasteiger partial charge on any atom is -0.379 e. The fraction of sp³-hybridized carbons (Fsp3) is 0.500. The molecule has 2 aliphatic rings. The quantitative estimate of drug-likeness (QED) is 0.367. The molecule has 2 saturated heterocycles. The average molecular weight is 575 g/mol. The van der Waals surface area contributed by atoms with Crippen molar-refractivity contribution in [2.75, 3.05) is 50.8 Å². The number of carbonyl (C=O) groups is 1. The van der Waals surface area contributed by atoms with E-state index in [4.69, 9.17) is 4.74 Å². The van der Waals surface area contributed by atoms with Gasteiger partial charge in [0.15, 0.2) is 5.13 Å². The Kier molecular flexibility index (Phi) is 8.92. The number of fused-ring (bicyclic) bond motifs is 1. The van der Waals surface area contributed by atoms with E-state index in [0.717, 1.165) is 45.3 Å². The lowest BCUT2D eigenvalue weighted by molar-refractivity contribution is 0.0376. The van der Waals surface area contributed by atoms with E-state index in [1.165, 1.54) is 29.5 Å². The molecule has 39 heavy (non-hydrogen) atoms. The van der Waals surface area contributed by atoms with Gasteiger partial charge in [-0.05, 0) is 62.1 Å². The monoisotopic (exact) mass is 574 g/mol. The van der Waals surface area contributed by atoms with Gasteiger partial charge < -0.3 is 4.74 Å². The Morgan fingerprint density at radius 2 is 1.90 bits per heavy atom. The minimum atomic E-state index is -3.65. The Labute approximate surface area is 233 Å². The van der Waals surface area contributed by atoms with Crippen LogP contribution in [-0.2, 0) is 14.8 Å². The lowest BCUT2D eigenvalue weighted by Gasteiger charge is -2.34. The highest BCUT2D eigenvalue weighted by Crippen LogP contribution is 2.32. The first kappa shape index (κ1) is 28.1. The van der Waals surface area contributed by atoms with Gasteiger partial charge in [-0.3, -0.25) is 14.6 Å². The van der Waals surface area contributed by atoms with E-state index in [0.29, 0.717) is 48.1 Å². The molecule has 0 spiro atoms. The largest absolute Gasteiger partial charge is 0.379 e. The number of morpholine rings is 1. The summed E-state index contributed by atoms with van der Waals surface area (Å²) in [5.74, 6) is -0.710. The molecule has 0 radical (unpaired) electrons. The fourth-order valence-corrected chi connectivity index (χ4v) is 8.11. The van der Waals surface area contributed by atoms with Crippen LogP contribution < -0.4 is 4.90 Å². The number of aromatic nitrogens is 1. The number of hydrogen-bond donors (Lipinski definition) is 0. The second-order valence-corrected chi connectivity index (χ2v) is 12.9. The van der Waals surface area contributed by atoms with Crippen LogP contribution in [0.2, 0.25) is 0 Å². The first-order valence-electron chi connectivity index (χ1n) is 13.7. The van der Waals surface area contributed by atoms with Crippen LogP contribution in [0, 0.1) is 5.82 Å². The molecular weight excluding hydrogens is 539 g/mol. The van der Waals surface area contributed by atoms with Gasteiger partial charge in [0.25, 0.3) is 5.91 Å². The Morgan fingerprint density at radius 1 is 1.13 bits per heavy atom. The van der Waals surface area contributed by atoms with E-state index in [-0.39, 0.29) is 22.4 Å². The van der Waals surface area contributed by atoms with Gasteiger partial charge in [0.05, 0.1) is 22.8 Å². The summed E-state index contributed by atoms with van der Waals surface area (Å²) in [6.45, 7) is 6.85. The molecule has 2 aliphatic heterocycles. The standard InChI is InChI=1S/C28H35FN4O4S2/c1-2-22-7-3-4-16-33(22)39(35,36)23-12-10-21(11-13-23)27(34)32(15-6-14-31-17-19-37-20-18-31)28-30-26-24(29)8-5-9-25(26)38-28/h5,8-13,22H,2-4,6-7,14-20H2,1H3. The van der Waals surface area contributed by atoms with Gasteiger partial charge in [0.1, 0.15) is 11.3 Å². The molecule has 1 amide bonds. The van der Waals surface area contributed by atoms with Crippen molar-refractivity contribution >= 4 is 42.6 Å². The fourth-order valence-electron chi connectivity index (χ4n) is 5.34. The molecule has 0 aliphatic carbocycles. The molecule has 210 valence electrons. The second kappa shape index (κ2) is 12.4. The van der Waals surface area contributed by atoms with Crippen molar-refractivity contribution in [3.8, 4) is 0 Å². The maximum absolute atomic E-state index is 14.4. The second-order valence-electron chi connectivity index (χ2n) is 10.0. The summed E-state index contributed by atoms with van der Waals surface area (Å²) < 4.78 is 48.9. The number of ether oxygens (including phenoxy) is 1. The molecule has 3 heterocycles. The smallest absolute Gasteiger partial charge is 0.260 e. The van der Waals surface area contributed by atoms with Gasteiger partial charge in [-0.15, -0.1) is 0 Å². The third-order valence-corrected chi connectivity index (χ3v) is 10.6. The highest BCUT2D eigenvalue weighted by atomic mass is 32.2. The molecule has 1 atom stereocenters. The third-order valence-electron chi connectivity index (χ3n) is 7.55. The summed E-state index contributed by atoms with van der Waals surface area (Å²) in [4.78, 5) is 22.3. The summed E-state index contributed by atoms with van der Waals surface area (Å²) in [6.07, 6.45) is 4.25. The summed E-state index contributed by atoms with van der Waals surface area (Å²) in [6, 6.07) is 11.0. The van der Waals surface area contributed by atoms with Crippen molar-refractivity contribution in [1.29, 1.82) is 0 Å². The molecule has 1 aromatic heterocycles. The molecule has 11 heteroatoms. The molecule has 0 bridgehead atoms. The number of nitrogens with zero attached hydrogens (tertiary/aromatic N) is 4. The Bertz CT molecular complexity index is 1390. The molecule has 2 fully saturated rings. The Balaban J connectivity index is 1.38. The van der Waals surface area contributed by atoms with E-state index in [9.17, 15) is 17.6 Å². The van der Waals surface area contributed by atoms with Crippen LogP contribution in [-0.4, -0.2) is 80.5 Å². The van der Waals surface area contributed by atoms with Crippen molar-refractivity contribution in [2.45, 2.75) is 50.0 Å². The number of halogens is 1. The van der Waals surface area contributed by atoms with Gasteiger partial charge in [-0.1, -0.05) is 30.7 Å². The average Bonchev–Trinajstić information content (AvgIpc) is 3.41. The molecule has 1 unspecified atom stereocenters. The first-order valence-corrected chi connectivity index (χ1v) is 15.9. The van der Waals surface area contributed by atoms with Gasteiger partial charge in [0.2, 0.25) is 10.0 Å². The van der Waals surface area contributed by atoms with Crippen molar-refractivity contribution in [2.24, 2.45) is 0 Å². The molecule has 0 N–H and O–H groups in total. The van der Waals surface area contributed by atoms with E-state index in [1.54, 1.807) is 33.5 Å². The number of thiazole rings is 1. The third kappa shape index (κ3) is 6.17. The maximum atomic E-state index is 14.4. The first-order chi connectivity index (χ1) is 18.9. The lowest BCUT2D eigenvalue weighted by atomic mass is 10.0. The highest BCUT2D eigenvalue weighted by Gasteiger charge is 2.32.